The zero-order valence-corrected chi connectivity index (χ0v) is 20.7. The summed E-state index contributed by atoms with van der Waals surface area (Å²) in [6.45, 7) is 0. The van der Waals surface area contributed by atoms with E-state index in [4.69, 9.17) is 44.3 Å². The van der Waals surface area contributed by atoms with Gasteiger partial charge in [-0.2, -0.15) is 0 Å². The molecule has 178 valence electrons. The second-order valence-electron chi connectivity index (χ2n) is 7.58. The van der Waals surface area contributed by atoms with E-state index in [-0.39, 0.29) is 5.11 Å². The molecule has 7 nitrogen and oxygen atoms in total. The van der Waals surface area contributed by atoms with Crippen molar-refractivity contribution in [2.45, 2.75) is 0 Å². The number of halogens is 2. The number of furan rings is 1. The molecule has 3 aromatic heterocycles. The number of fused-ring (bicyclic) bond motifs is 1. The summed E-state index contributed by atoms with van der Waals surface area (Å²) in [6, 6.07) is 17.6. The number of amides is 1. The molecule has 0 aliphatic heterocycles. The molecule has 0 fully saturated rings. The van der Waals surface area contributed by atoms with Crippen molar-refractivity contribution in [3.8, 4) is 22.8 Å². The minimum Gasteiger partial charge on any atom is -0.457 e. The molecule has 5 aromatic rings. The van der Waals surface area contributed by atoms with Crippen LogP contribution in [0.15, 0.2) is 88.0 Å². The van der Waals surface area contributed by atoms with Crippen LogP contribution in [0.4, 0.5) is 5.69 Å². The normalized spacial score (nSPS) is 11.2. The van der Waals surface area contributed by atoms with E-state index in [9.17, 15) is 4.79 Å². The molecule has 5 rings (SSSR count). The Morgan fingerprint density at radius 1 is 0.972 bits per heavy atom. The maximum Gasteiger partial charge on any atom is 0.250 e. The first-order valence-electron chi connectivity index (χ1n) is 10.6. The molecule has 0 atom stereocenters. The summed E-state index contributed by atoms with van der Waals surface area (Å²) in [6.07, 6.45) is 6.22. The van der Waals surface area contributed by atoms with Crippen LogP contribution in [0.25, 0.3) is 40.0 Å². The average molecular weight is 535 g/mol. The molecule has 0 saturated heterocycles. The minimum absolute atomic E-state index is 0.133. The smallest absolute Gasteiger partial charge is 0.250 e. The van der Waals surface area contributed by atoms with Crippen molar-refractivity contribution in [2.75, 3.05) is 5.32 Å². The number of oxazole rings is 1. The van der Waals surface area contributed by atoms with Crippen LogP contribution in [0, 0.1) is 0 Å². The highest BCUT2D eigenvalue weighted by Crippen LogP contribution is 2.29. The number of hydrogen-bond donors (Lipinski definition) is 2. The molecule has 0 aliphatic rings. The lowest BCUT2D eigenvalue weighted by atomic mass is 10.2. The molecule has 36 heavy (non-hydrogen) atoms. The summed E-state index contributed by atoms with van der Waals surface area (Å²) >= 11 is 17.4. The molecule has 0 unspecified atom stereocenters. The fourth-order valence-corrected chi connectivity index (χ4v) is 4.13. The van der Waals surface area contributed by atoms with Crippen molar-refractivity contribution in [3.05, 3.63) is 94.9 Å². The second kappa shape index (κ2) is 10.3. The van der Waals surface area contributed by atoms with E-state index in [0.29, 0.717) is 44.2 Å². The average Bonchev–Trinajstić information content (AvgIpc) is 3.50. The first-order chi connectivity index (χ1) is 17.4. The van der Waals surface area contributed by atoms with Crippen LogP contribution in [-0.4, -0.2) is 21.0 Å². The number of benzene rings is 2. The number of aromatic nitrogens is 2. The third-order valence-corrected chi connectivity index (χ3v) is 5.60. The Hall–Kier alpha value is -3.98. The SMILES string of the molecule is O=C(/C=C/c1ccc(-c2cc(Cl)cc(Cl)c2)o1)NC(=S)Nc1ccc2oc(-c3cccnc3)nc2c1. The van der Waals surface area contributed by atoms with Crippen molar-refractivity contribution >= 4 is 69.3 Å². The van der Waals surface area contributed by atoms with Gasteiger partial charge in [0, 0.05) is 39.8 Å². The summed E-state index contributed by atoms with van der Waals surface area (Å²) in [5, 5.41) is 6.71. The number of pyridine rings is 1. The number of rotatable bonds is 5. The van der Waals surface area contributed by atoms with Gasteiger partial charge in [-0.25, -0.2) is 4.98 Å². The van der Waals surface area contributed by atoms with Crippen molar-refractivity contribution in [2.24, 2.45) is 0 Å². The largest absolute Gasteiger partial charge is 0.457 e. The molecule has 0 bridgehead atoms. The van der Waals surface area contributed by atoms with Gasteiger partial charge in [-0.15, -0.1) is 0 Å². The summed E-state index contributed by atoms with van der Waals surface area (Å²) in [5.74, 6) is 1.11. The Balaban J connectivity index is 1.20. The van der Waals surface area contributed by atoms with Crippen molar-refractivity contribution < 1.29 is 13.6 Å². The Morgan fingerprint density at radius 2 is 1.81 bits per heavy atom. The summed E-state index contributed by atoms with van der Waals surface area (Å²) in [5.41, 5.74) is 3.42. The minimum atomic E-state index is -0.419. The highest BCUT2D eigenvalue weighted by molar-refractivity contribution is 7.80. The Bertz CT molecular complexity index is 1590. The van der Waals surface area contributed by atoms with Gasteiger partial charge in [-0.3, -0.25) is 15.1 Å². The Morgan fingerprint density at radius 3 is 2.58 bits per heavy atom. The highest BCUT2D eigenvalue weighted by atomic mass is 35.5. The highest BCUT2D eigenvalue weighted by Gasteiger charge is 2.10. The van der Waals surface area contributed by atoms with Gasteiger partial charge in [-0.05, 0) is 79.0 Å². The lowest BCUT2D eigenvalue weighted by Crippen LogP contribution is -2.32. The number of nitrogens with zero attached hydrogens (tertiary/aromatic N) is 2. The van der Waals surface area contributed by atoms with E-state index < -0.39 is 5.91 Å². The third kappa shape index (κ3) is 5.63. The summed E-state index contributed by atoms with van der Waals surface area (Å²) in [4.78, 5) is 20.9. The third-order valence-electron chi connectivity index (χ3n) is 4.96. The zero-order valence-electron chi connectivity index (χ0n) is 18.4. The van der Waals surface area contributed by atoms with Gasteiger partial charge in [0.25, 0.3) is 0 Å². The number of carbonyl (C=O) groups excluding carboxylic acids is 1. The predicted molar refractivity (Wildman–Crippen MR) is 145 cm³/mol. The second-order valence-corrected chi connectivity index (χ2v) is 8.86. The zero-order chi connectivity index (χ0) is 25.1. The molecule has 0 aliphatic carbocycles. The van der Waals surface area contributed by atoms with Crippen LogP contribution in [0.3, 0.4) is 0 Å². The predicted octanol–water partition coefficient (Wildman–Crippen LogP) is 6.98. The monoisotopic (exact) mass is 534 g/mol. The van der Waals surface area contributed by atoms with Gasteiger partial charge in [0.1, 0.15) is 17.0 Å². The van der Waals surface area contributed by atoms with E-state index >= 15 is 0 Å². The molecule has 0 saturated carbocycles. The maximum atomic E-state index is 12.3. The Labute approximate surface area is 220 Å². The van der Waals surface area contributed by atoms with Gasteiger partial charge >= 0.3 is 0 Å². The molecule has 0 spiro atoms. The molecular formula is C26H16Cl2N4O3S. The first-order valence-corrected chi connectivity index (χ1v) is 11.8. The Kier molecular flexibility index (Phi) is 6.81. The lowest BCUT2D eigenvalue weighted by molar-refractivity contribution is -0.115. The van der Waals surface area contributed by atoms with Gasteiger partial charge in [0.15, 0.2) is 10.7 Å². The van der Waals surface area contributed by atoms with Crippen LogP contribution in [0.2, 0.25) is 10.0 Å². The van der Waals surface area contributed by atoms with Crippen molar-refractivity contribution in [3.63, 3.8) is 0 Å². The number of thiocarbonyl (C=S) groups is 1. The topological polar surface area (TPSA) is 93.2 Å². The van der Waals surface area contributed by atoms with E-state index in [1.54, 1.807) is 60.9 Å². The van der Waals surface area contributed by atoms with Gasteiger partial charge < -0.3 is 14.2 Å². The van der Waals surface area contributed by atoms with E-state index in [1.165, 1.54) is 12.2 Å². The number of anilines is 1. The van der Waals surface area contributed by atoms with Gasteiger partial charge in [-0.1, -0.05) is 23.2 Å². The number of hydrogen-bond acceptors (Lipinski definition) is 6. The van der Waals surface area contributed by atoms with Crippen molar-refractivity contribution in [1.82, 2.24) is 15.3 Å². The molecule has 2 aromatic carbocycles. The molecular weight excluding hydrogens is 519 g/mol. The molecule has 10 heteroatoms. The molecule has 0 radical (unpaired) electrons. The lowest BCUT2D eigenvalue weighted by Gasteiger charge is -2.07. The summed E-state index contributed by atoms with van der Waals surface area (Å²) < 4.78 is 11.5. The van der Waals surface area contributed by atoms with E-state index in [1.807, 2.05) is 12.1 Å². The fourth-order valence-electron chi connectivity index (χ4n) is 3.39. The van der Waals surface area contributed by atoms with Crippen LogP contribution >= 0.6 is 35.4 Å². The van der Waals surface area contributed by atoms with Crippen LogP contribution in [0.5, 0.6) is 0 Å². The standard InChI is InChI=1S/C26H16Cl2N4O3S/c27-17-10-16(11-18(28)12-17)22-7-4-20(34-22)5-8-24(33)32-26(36)30-19-3-6-23-21(13-19)31-25(35-23)15-2-1-9-29-14-15/h1-14H,(H2,30,32,33,36)/b8-5+. The quantitative estimate of drug-likeness (QED) is 0.185. The maximum absolute atomic E-state index is 12.3. The first kappa shape index (κ1) is 23.7. The van der Waals surface area contributed by atoms with Crippen LogP contribution < -0.4 is 10.6 Å². The van der Waals surface area contributed by atoms with Gasteiger partial charge in [0.2, 0.25) is 11.8 Å². The summed E-state index contributed by atoms with van der Waals surface area (Å²) in [7, 11) is 0. The number of carbonyl (C=O) groups is 1. The molecule has 3 heterocycles. The molecule has 1 amide bonds. The van der Waals surface area contributed by atoms with Crippen molar-refractivity contribution in [1.29, 1.82) is 0 Å². The number of nitrogens with one attached hydrogen (secondary N) is 2. The van der Waals surface area contributed by atoms with Crippen LogP contribution in [0.1, 0.15) is 5.76 Å². The van der Waals surface area contributed by atoms with E-state index in [2.05, 4.69) is 20.6 Å². The van der Waals surface area contributed by atoms with E-state index in [0.717, 1.165) is 11.1 Å². The fraction of sp³-hybridized carbons (Fsp3) is 0. The van der Waals surface area contributed by atoms with Gasteiger partial charge in [0.05, 0.1) is 5.56 Å². The van der Waals surface area contributed by atoms with Crippen LogP contribution in [-0.2, 0) is 4.79 Å². The molecule has 2 N–H and O–H groups in total.